The van der Waals surface area contributed by atoms with E-state index in [1.807, 2.05) is 35.7 Å². The molecule has 4 aromatic rings. The van der Waals surface area contributed by atoms with E-state index in [1.54, 1.807) is 19.3 Å². The lowest BCUT2D eigenvalue weighted by Gasteiger charge is -2.05. The molecule has 30 heavy (non-hydrogen) atoms. The summed E-state index contributed by atoms with van der Waals surface area (Å²) in [6.07, 6.45) is 1.55. The Labute approximate surface area is 180 Å². The number of aromatic nitrogens is 4. The highest BCUT2D eigenvalue weighted by Crippen LogP contribution is 2.29. The SMILES string of the molecule is Cc1occc1-c1nnc(SCC(=O)C(C#N)c2nc(-c3ccccc3)cs2)n1N. The molecule has 0 saturated carbocycles. The van der Waals surface area contributed by atoms with Gasteiger partial charge in [-0.2, -0.15) is 5.26 Å². The van der Waals surface area contributed by atoms with Crippen LogP contribution in [-0.4, -0.2) is 31.4 Å². The first-order chi connectivity index (χ1) is 14.6. The number of thioether (sulfide) groups is 1. The zero-order valence-electron chi connectivity index (χ0n) is 15.8. The van der Waals surface area contributed by atoms with Gasteiger partial charge in [-0.3, -0.25) is 4.79 Å². The molecule has 0 amide bonds. The number of nitrogen functional groups attached to an aromatic ring is 1. The van der Waals surface area contributed by atoms with Crippen LogP contribution < -0.4 is 5.84 Å². The van der Waals surface area contributed by atoms with E-state index >= 15 is 0 Å². The van der Waals surface area contributed by atoms with Gasteiger partial charge >= 0.3 is 0 Å². The first-order valence-electron chi connectivity index (χ1n) is 8.89. The van der Waals surface area contributed by atoms with Gasteiger partial charge in [-0.25, -0.2) is 9.66 Å². The van der Waals surface area contributed by atoms with Crippen LogP contribution in [0.4, 0.5) is 0 Å². The minimum absolute atomic E-state index is 0.0260. The topological polar surface area (TPSA) is 124 Å². The van der Waals surface area contributed by atoms with Crippen molar-refractivity contribution in [1.29, 1.82) is 5.26 Å². The number of nitrogens with zero attached hydrogens (tertiary/aromatic N) is 5. The molecular formula is C20H16N6O2S2. The minimum atomic E-state index is -0.940. The normalized spacial score (nSPS) is 11.9. The number of carbonyl (C=O) groups is 1. The molecule has 1 aromatic carbocycles. The molecule has 0 radical (unpaired) electrons. The Hall–Kier alpha value is -3.42. The maximum Gasteiger partial charge on any atom is 0.210 e. The number of carbonyl (C=O) groups excluding carboxylic acids is 1. The highest BCUT2D eigenvalue weighted by Gasteiger charge is 2.25. The Kier molecular flexibility index (Phi) is 5.65. The number of hydrogen-bond acceptors (Lipinski definition) is 9. The fraction of sp³-hybridized carbons (Fsp3) is 0.150. The minimum Gasteiger partial charge on any atom is -0.469 e. The molecule has 10 heteroatoms. The molecule has 150 valence electrons. The number of hydrogen-bond donors (Lipinski definition) is 1. The van der Waals surface area contributed by atoms with Crippen LogP contribution in [-0.2, 0) is 4.79 Å². The van der Waals surface area contributed by atoms with Crippen molar-refractivity contribution in [3.8, 4) is 28.7 Å². The van der Waals surface area contributed by atoms with Gasteiger partial charge in [0.1, 0.15) is 10.8 Å². The van der Waals surface area contributed by atoms with E-state index in [9.17, 15) is 10.1 Å². The largest absolute Gasteiger partial charge is 0.469 e. The molecule has 0 fully saturated rings. The lowest BCUT2D eigenvalue weighted by molar-refractivity contribution is -0.116. The van der Waals surface area contributed by atoms with E-state index < -0.39 is 5.92 Å². The molecule has 0 spiro atoms. The third-order valence-electron chi connectivity index (χ3n) is 4.40. The van der Waals surface area contributed by atoms with Crippen LogP contribution in [0, 0.1) is 18.3 Å². The quantitative estimate of drug-likeness (QED) is 0.344. The summed E-state index contributed by atoms with van der Waals surface area (Å²) in [6, 6.07) is 13.4. The number of Topliss-reactive ketones (excluding diaryl/α,β-unsaturated/α-hetero) is 1. The number of thiazole rings is 1. The summed E-state index contributed by atoms with van der Waals surface area (Å²) >= 11 is 2.43. The molecule has 3 heterocycles. The standard InChI is InChI=1S/C20H16N6O2S2/c1-12-14(7-8-28-12)18-24-25-20(26(18)22)30-11-17(27)15(9-21)19-23-16(10-29-19)13-5-3-2-4-6-13/h2-8,10,15H,11,22H2,1H3. The Balaban J connectivity index is 1.46. The van der Waals surface area contributed by atoms with Crippen molar-refractivity contribution in [2.24, 2.45) is 0 Å². The van der Waals surface area contributed by atoms with Gasteiger partial charge in [-0.1, -0.05) is 42.1 Å². The van der Waals surface area contributed by atoms with E-state index in [0.29, 0.717) is 21.7 Å². The molecule has 1 atom stereocenters. The Morgan fingerprint density at radius 2 is 2.13 bits per heavy atom. The predicted molar refractivity (Wildman–Crippen MR) is 114 cm³/mol. The molecule has 3 aromatic heterocycles. The van der Waals surface area contributed by atoms with E-state index in [-0.39, 0.29) is 11.5 Å². The van der Waals surface area contributed by atoms with E-state index in [1.165, 1.54) is 16.0 Å². The molecule has 0 bridgehead atoms. The fourth-order valence-electron chi connectivity index (χ4n) is 2.82. The van der Waals surface area contributed by atoms with Gasteiger partial charge in [0.2, 0.25) is 5.16 Å². The maximum atomic E-state index is 12.7. The predicted octanol–water partition coefficient (Wildman–Crippen LogP) is 3.65. The monoisotopic (exact) mass is 436 g/mol. The summed E-state index contributed by atoms with van der Waals surface area (Å²) in [5.74, 6) is 6.02. The van der Waals surface area contributed by atoms with Crippen LogP contribution >= 0.6 is 23.1 Å². The van der Waals surface area contributed by atoms with Crippen molar-refractivity contribution in [2.45, 2.75) is 18.0 Å². The molecule has 0 aliphatic rings. The second-order valence-electron chi connectivity index (χ2n) is 6.32. The first-order valence-corrected chi connectivity index (χ1v) is 10.8. The Morgan fingerprint density at radius 1 is 1.33 bits per heavy atom. The summed E-state index contributed by atoms with van der Waals surface area (Å²) < 4.78 is 6.58. The third kappa shape index (κ3) is 3.85. The summed E-state index contributed by atoms with van der Waals surface area (Å²) in [7, 11) is 0. The van der Waals surface area contributed by atoms with Gasteiger partial charge in [0.15, 0.2) is 17.5 Å². The zero-order chi connectivity index (χ0) is 21.1. The third-order valence-corrected chi connectivity index (χ3v) is 6.27. The van der Waals surface area contributed by atoms with Gasteiger partial charge in [0, 0.05) is 10.9 Å². The van der Waals surface area contributed by atoms with Gasteiger partial charge in [0.25, 0.3) is 0 Å². The smallest absolute Gasteiger partial charge is 0.210 e. The highest BCUT2D eigenvalue weighted by molar-refractivity contribution is 7.99. The van der Waals surface area contributed by atoms with Crippen molar-refractivity contribution in [2.75, 3.05) is 11.6 Å². The number of nitriles is 1. The fourth-order valence-corrected chi connectivity index (χ4v) is 4.48. The Bertz CT molecular complexity index is 1220. The number of aryl methyl sites for hydroxylation is 1. The number of furan rings is 1. The molecule has 1 unspecified atom stereocenters. The summed E-state index contributed by atoms with van der Waals surface area (Å²) in [6.45, 7) is 1.80. The van der Waals surface area contributed by atoms with Gasteiger partial charge in [0.05, 0.1) is 29.3 Å². The number of nitrogens with two attached hydrogens (primary N) is 1. The molecular weight excluding hydrogens is 420 g/mol. The van der Waals surface area contributed by atoms with Crippen LogP contribution in [0.15, 0.2) is 57.6 Å². The van der Waals surface area contributed by atoms with E-state index in [4.69, 9.17) is 10.3 Å². The average Bonchev–Trinajstić information content (AvgIpc) is 3.48. The summed E-state index contributed by atoms with van der Waals surface area (Å²) in [5, 5.41) is 20.4. The maximum absolute atomic E-state index is 12.7. The van der Waals surface area contributed by atoms with Crippen molar-refractivity contribution < 1.29 is 9.21 Å². The molecule has 2 N–H and O–H groups in total. The first kappa shape index (κ1) is 19.9. The Morgan fingerprint density at radius 3 is 2.83 bits per heavy atom. The van der Waals surface area contributed by atoms with Crippen molar-refractivity contribution >= 4 is 28.9 Å². The zero-order valence-corrected chi connectivity index (χ0v) is 17.5. The van der Waals surface area contributed by atoms with Crippen LogP contribution in [0.2, 0.25) is 0 Å². The number of rotatable bonds is 7. The van der Waals surface area contributed by atoms with Gasteiger partial charge in [-0.05, 0) is 13.0 Å². The second-order valence-corrected chi connectivity index (χ2v) is 8.15. The van der Waals surface area contributed by atoms with Gasteiger partial charge < -0.3 is 10.3 Å². The molecule has 0 aliphatic carbocycles. The molecule has 8 nitrogen and oxygen atoms in total. The van der Waals surface area contributed by atoms with Crippen LogP contribution in [0.5, 0.6) is 0 Å². The number of ketones is 1. The van der Waals surface area contributed by atoms with Crippen molar-refractivity contribution in [3.63, 3.8) is 0 Å². The van der Waals surface area contributed by atoms with Gasteiger partial charge in [-0.15, -0.1) is 21.5 Å². The van der Waals surface area contributed by atoms with Crippen LogP contribution in [0.25, 0.3) is 22.6 Å². The molecule has 4 rings (SSSR count). The average molecular weight is 437 g/mol. The lowest BCUT2D eigenvalue weighted by atomic mass is 10.1. The van der Waals surface area contributed by atoms with Crippen LogP contribution in [0.3, 0.4) is 0 Å². The van der Waals surface area contributed by atoms with E-state index in [0.717, 1.165) is 28.6 Å². The lowest BCUT2D eigenvalue weighted by Crippen LogP contribution is -2.15. The molecule has 0 saturated heterocycles. The summed E-state index contributed by atoms with van der Waals surface area (Å²) in [4.78, 5) is 17.2. The highest BCUT2D eigenvalue weighted by atomic mass is 32.2. The second kappa shape index (κ2) is 8.52. The summed E-state index contributed by atoms with van der Waals surface area (Å²) in [5.41, 5.74) is 2.42. The van der Waals surface area contributed by atoms with Crippen LogP contribution in [0.1, 0.15) is 16.7 Å². The number of benzene rings is 1. The van der Waals surface area contributed by atoms with Crippen molar-refractivity contribution in [1.82, 2.24) is 19.9 Å². The molecule has 0 aliphatic heterocycles. The van der Waals surface area contributed by atoms with E-state index in [2.05, 4.69) is 21.3 Å². The van der Waals surface area contributed by atoms with Crippen molar-refractivity contribution in [3.05, 3.63) is 58.8 Å².